The highest BCUT2D eigenvalue weighted by Crippen LogP contribution is 2.39. The van der Waals surface area contributed by atoms with E-state index in [1.54, 1.807) is 36.5 Å². The number of hydrogen-bond donors (Lipinski definition) is 0. The van der Waals surface area contributed by atoms with Crippen LogP contribution in [0.2, 0.25) is 5.02 Å². The molecule has 1 aliphatic rings. The van der Waals surface area contributed by atoms with Crippen LogP contribution >= 0.6 is 11.6 Å². The highest BCUT2D eigenvalue weighted by Gasteiger charge is 2.36. The van der Waals surface area contributed by atoms with Gasteiger partial charge in [0.25, 0.3) is 0 Å². The van der Waals surface area contributed by atoms with Gasteiger partial charge in [-0.1, -0.05) is 11.6 Å². The van der Waals surface area contributed by atoms with Gasteiger partial charge in [0.05, 0.1) is 34.7 Å². The first kappa shape index (κ1) is 28.8. The number of fused-ring (bicyclic) bond motifs is 2. The lowest BCUT2D eigenvalue weighted by Crippen LogP contribution is -2.59. The molecule has 4 aromatic rings. The molecular formula is C29H34ClFN6O4. The molecule has 3 aromatic heterocycles. The standard InChI is InChI=1S/C29H34ClFN6O4/c1-16-12-36(13-17(2)37(16)28(38)41-29(3,4)5)19-9-20-22(30)10-23(33-27(20)32-11-19)21-8-18-14-35(6)34-25(18)24(31)26(21)40-15-39-7/h8-11,14,16-17H,12-13,15H2,1-7H3/t16-,17+. The number of aryl methyl sites for hydroxylation is 1. The van der Waals surface area contributed by atoms with Crippen molar-refractivity contribution >= 4 is 45.3 Å². The van der Waals surface area contributed by atoms with Crippen LogP contribution in [0.3, 0.4) is 0 Å². The molecule has 0 spiro atoms. The predicted octanol–water partition coefficient (Wildman–Crippen LogP) is 5.79. The van der Waals surface area contributed by atoms with Crippen LogP contribution in [0.1, 0.15) is 34.6 Å². The minimum atomic E-state index is -0.606. The van der Waals surface area contributed by atoms with Crippen molar-refractivity contribution in [2.45, 2.75) is 52.3 Å². The Bertz CT molecular complexity index is 1610. The van der Waals surface area contributed by atoms with Crippen LogP contribution in [-0.2, 0) is 16.5 Å². The van der Waals surface area contributed by atoms with Crippen LogP contribution in [0.25, 0.3) is 33.2 Å². The van der Waals surface area contributed by atoms with Crippen LogP contribution in [0.5, 0.6) is 5.75 Å². The fourth-order valence-electron chi connectivity index (χ4n) is 5.25. The summed E-state index contributed by atoms with van der Waals surface area (Å²) in [5.41, 5.74) is 1.72. The molecule has 0 saturated carbocycles. The number of methoxy groups -OCH3 is 1. The number of carbonyl (C=O) groups is 1. The maximum Gasteiger partial charge on any atom is 0.410 e. The van der Waals surface area contributed by atoms with Crippen LogP contribution in [0.4, 0.5) is 14.9 Å². The Hall–Kier alpha value is -3.70. The SMILES string of the molecule is COCOc1c(-c2cc(Cl)c3cc(N4C[C@@H](C)N(C(=O)OC(C)(C)C)[C@@H](C)C4)cnc3n2)cc2cn(C)nc2c1F. The van der Waals surface area contributed by atoms with E-state index >= 15 is 4.39 Å². The molecule has 12 heteroatoms. The predicted molar refractivity (Wildman–Crippen MR) is 156 cm³/mol. The number of halogens is 2. The molecule has 41 heavy (non-hydrogen) atoms. The van der Waals surface area contributed by atoms with Crippen LogP contribution < -0.4 is 9.64 Å². The molecule has 0 bridgehead atoms. The molecule has 1 fully saturated rings. The minimum Gasteiger partial charge on any atom is -0.464 e. The van der Waals surface area contributed by atoms with Gasteiger partial charge in [-0.2, -0.15) is 5.10 Å². The number of anilines is 1. The van der Waals surface area contributed by atoms with Crippen molar-refractivity contribution in [3.05, 3.63) is 41.4 Å². The van der Waals surface area contributed by atoms with Gasteiger partial charge in [0.2, 0.25) is 0 Å². The average Bonchev–Trinajstić information content (AvgIpc) is 3.27. The summed E-state index contributed by atoms with van der Waals surface area (Å²) >= 11 is 6.78. The fourth-order valence-corrected chi connectivity index (χ4v) is 5.50. The van der Waals surface area contributed by atoms with E-state index in [4.69, 9.17) is 30.8 Å². The summed E-state index contributed by atoms with van der Waals surface area (Å²) in [7, 11) is 3.18. The summed E-state index contributed by atoms with van der Waals surface area (Å²) < 4.78 is 33.3. The highest BCUT2D eigenvalue weighted by molar-refractivity contribution is 6.35. The van der Waals surface area contributed by atoms with Crippen LogP contribution in [0, 0.1) is 5.82 Å². The smallest absolute Gasteiger partial charge is 0.410 e. The van der Waals surface area contributed by atoms with Gasteiger partial charge >= 0.3 is 6.09 Å². The Morgan fingerprint density at radius 2 is 1.88 bits per heavy atom. The summed E-state index contributed by atoms with van der Waals surface area (Å²) in [4.78, 5) is 26.1. The molecule has 0 unspecified atom stereocenters. The van der Waals surface area contributed by atoms with Gasteiger partial charge in [0.1, 0.15) is 11.1 Å². The molecule has 10 nitrogen and oxygen atoms in total. The van der Waals surface area contributed by atoms with Crippen LogP contribution in [0.15, 0.2) is 30.6 Å². The molecule has 0 aliphatic carbocycles. The largest absolute Gasteiger partial charge is 0.464 e. The quantitative estimate of drug-likeness (QED) is 0.272. The van der Waals surface area contributed by atoms with Crippen molar-refractivity contribution in [1.29, 1.82) is 0 Å². The van der Waals surface area contributed by atoms with Crippen molar-refractivity contribution in [1.82, 2.24) is 24.6 Å². The van der Waals surface area contributed by atoms with E-state index < -0.39 is 11.4 Å². The van der Waals surface area contributed by atoms with Gasteiger partial charge in [-0.3, -0.25) is 9.58 Å². The first-order valence-electron chi connectivity index (χ1n) is 13.4. The van der Waals surface area contributed by atoms with Gasteiger partial charge in [0.15, 0.2) is 24.0 Å². The molecule has 1 saturated heterocycles. The second-order valence-electron chi connectivity index (χ2n) is 11.4. The zero-order chi connectivity index (χ0) is 29.6. The van der Waals surface area contributed by atoms with Crippen molar-refractivity contribution in [3.8, 4) is 17.0 Å². The second kappa shape index (κ2) is 10.9. The van der Waals surface area contributed by atoms with Crippen LogP contribution in [-0.4, -0.2) is 75.4 Å². The number of benzene rings is 1. The third-order valence-corrected chi connectivity index (χ3v) is 7.21. The number of nitrogens with zero attached hydrogens (tertiary/aromatic N) is 6. The van der Waals surface area contributed by atoms with Crippen molar-refractivity contribution in [3.63, 3.8) is 0 Å². The molecule has 218 valence electrons. The number of hydrogen-bond acceptors (Lipinski definition) is 8. The Morgan fingerprint density at radius 1 is 1.17 bits per heavy atom. The molecule has 1 aromatic carbocycles. The van der Waals surface area contributed by atoms with E-state index in [0.29, 0.717) is 45.8 Å². The fraction of sp³-hybridized carbons (Fsp3) is 0.448. The lowest BCUT2D eigenvalue weighted by atomic mass is 10.1. The zero-order valence-electron chi connectivity index (χ0n) is 24.2. The zero-order valence-corrected chi connectivity index (χ0v) is 25.0. The lowest BCUT2D eigenvalue weighted by molar-refractivity contribution is 0.00565. The molecular weight excluding hydrogens is 551 g/mol. The summed E-state index contributed by atoms with van der Waals surface area (Å²) in [6.45, 7) is 10.6. The molecule has 2 atom stereocenters. The topological polar surface area (TPSA) is 94.8 Å². The van der Waals surface area contributed by atoms with E-state index in [1.165, 1.54) is 11.8 Å². The summed E-state index contributed by atoms with van der Waals surface area (Å²) in [5, 5.41) is 5.88. The van der Waals surface area contributed by atoms with E-state index in [0.717, 1.165) is 5.69 Å². The minimum absolute atomic E-state index is 0.0246. The third-order valence-electron chi connectivity index (χ3n) is 6.89. The van der Waals surface area contributed by atoms with Gasteiger partial charge in [-0.05, 0) is 52.8 Å². The van der Waals surface area contributed by atoms with Gasteiger partial charge < -0.3 is 19.1 Å². The average molecular weight is 585 g/mol. The summed E-state index contributed by atoms with van der Waals surface area (Å²) in [6, 6.07) is 5.23. The Labute approximate surface area is 242 Å². The Morgan fingerprint density at radius 3 is 2.54 bits per heavy atom. The number of pyridine rings is 2. The van der Waals surface area contributed by atoms with Crippen molar-refractivity contribution in [2.24, 2.45) is 7.05 Å². The van der Waals surface area contributed by atoms with Gasteiger partial charge in [-0.15, -0.1) is 0 Å². The van der Waals surface area contributed by atoms with E-state index in [-0.39, 0.29) is 36.2 Å². The molecule has 0 radical (unpaired) electrons. The maximum absolute atomic E-state index is 15.5. The van der Waals surface area contributed by atoms with E-state index in [9.17, 15) is 4.79 Å². The van der Waals surface area contributed by atoms with Crippen molar-refractivity contribution < 1.29 is 23.4 Å². The number of aromatic nitrogens is 4. The molecule has 1 amide bonds. The first-order chi connectivity index (χ1) is 19.4. The third kappa shape index (κ3) is 5.73. The second-order valence-corrected chi connectivity index (χ2v) is 11.8. The van der Waals surface area contributed by atoms with Crippen molar-refractivity contribution in [2.75, 3.05) is 31.9 Å². The number of amides is 1. The Kier molecular flexibility index (Phi) is 7.69. The molecule has 5 rings (SSSR count). The number of piperazine rings is 1. The Balaban J connectivity index is 1.47. The monoisotopic (exact) mass is 584 g/mol. The number of ether oxygens (including phenoxy) is 3. The summed E-state index contributed by atoms with van der Waals surface area (Å²) in [5.74, 6) is -0.631. The number of rotatable bonds is 5. The van der Waals surface area contributed by atoms with E-state index in [2.05, 4.69) is 15.0 Å². The number of carbonyl (C=O) groups excluding carboxylic acids is 1. The van der Waals surface area contributed by atoms with Gasteiger partial charge in [0, 0.05) is 49.8 Å². The normalized spacial score (nSPS) is 17.9. The first-order valence-corrected chi connectivity index (χ1v) is 13.7. The lowest BCUT2D eigenvalue weighted by Gasteiger charge is -2.45. The highest BCUT2D eigenvalue weighted by atomic mass is 35.5. The molecule has 1 aliphatic heterocycles. The molecule has 0 N–H and O–H groups in total. The maximum atomic E-state index is 15.5. The van der Waals surface area contributed by atoms with E-state index in [1.807, 2.05) is 40.7 Å². The van der Waals surface area contributed by atoms with Gasteiger partial charge in [-0.25, -0.2) is 19.2 Å². The summed E-state index contributed by atoms with van der Waals surface area (Å²) in [6.07, 6.45) is 3.15. The molecule has 4 heterocycles.